The number of aliphatic hydroxyl groups is 1. The highest BCUT2D eigenvalue weighted by Crippen LogP contribution is 2.37. The highest BCUT2D eigenvalue weighted by molar-refractivity contribution is 7.25. The van der Waals surface area contributed by atoms with Gasteiger partial charge in [0.25, 0.3) is 0 Å². The van der Waals surface area contributed by atoms with Gasteiger partial charge in [-0.15, -0.1) is 0 Å². The molecule has 4 unspecified atom stereocenters. The van der Waals surface area contributed by atoms with Crippen molar-refractivity contribution in [2.24, 2.45) is 5.92 Å². The lowest BCUT2D eigenvalue weighted by Gasteiger charge is -2.38. The number of ether oxygens (including phenoxy) is 2. The van der Waals surface area contributed by atoms with Crippen LogP contribution in [0.15, 0.2) is 60.7 Å². The smallest absolute Gasteiger partial charge is 0.407 e. The van der Waals surface area contributed by atoms with Gasteiger partial charge in [0.05, 0.1) is 34.0 Å². The fourth-order valence-electron chi connectivity index (χ4n) is 3.50. The maximum atomic E-state index is 13.3. The monoisotopic (exact) mass is 504 g/mol. The molecule has 0 saturated carbocycles. The number of hydrogen-bond acceptors (Lipinski definition) is 7. The van der Waals surface area contributed by atoms with Crippen molar-refractivity contribution >= 4 is 32.1 Å². The molecule has 2 aromatic rings. The zero-order valence-electron chi connectivity index (χ0n) is 20.3. The van der Waals surface area contributed by atoms with E-state index < -0.39 is 55.8 Å². The number of esters is 1. The molecule has 0 bridgehead atoms. The van der Waals surface area contributed by atoms with E-state index >= 15 is 0 Å². The first kappa shape index (κ1) is 28.1. The number of carbonyl (C=O) groups is 3. The van der Waals surface area contributed by atoms with Crippen LogP contribution >= 0.6 is 8.46 Å². The molecular weight excluding hydrogens is 471 g/mol. The van der Waals surface area contributed by atoms with Crippen molar-refractivity contribution in [3.05, 3.63) is 66.2 Å². The summed E-state index contributed by atoms with van der Waals surface area (Å²) in [5, 5.41) is 14.7. The van der Waals surface area contributed by atoms with Crippen LogP contribution in [-0.4, -0.2) is 47.2 Å². The van der Waals surface area contributed by atoms with E-state index in [1.54, 1.807) is 81.4 Å². The molecule has 0 aliphatic heterocycles. The Bertz CT molecular complexity index is 1010. The second-order valence-corrected chi connectivity index (χ2v) is 10.2. The second kappa shape index (κ2) is 12.5. The summed E-state index contributed by atoms with van der Waals surface area (Å²) in [6, 6.07) is 16.1. The van der Waals surface area contributed by atoms with Crippen molar-refractivity contribution in [2.45, 2.75) is 50.6 Å². The third-order valence-electron chi connectivity index (χ3n) is 5.24. The number of para-hydroxylation sites is 1. The predicted octanol–water partition coefficient (Wildman–Crippen LogP) is 3.39. The van der Waals surface area contributed by atoms with E-state index in [0.717, 1.165) is 7.11 Å². The predicted molar refractivity (Wildman–Crippen MR) is 134 cm³/mol. The fraction of sp³-hybridized carbons (Fsp3) is 0.400. The molecule has 9 nitrogen and oxygen atoms in total. The Morgan fingerprint density at radius 3 is 2.09 bits per heavy atom. The molecule has 0 aliphatic rings. The molecule has 0 radical (unpaired) electrons. The Labute approximate surface area is 206 Å². The highest BCUT2D eigenvalue weighted by atomic mass is 31.1. The van der Waals surface area contributed by atoms with Crippen molar-refractivity contribution in [2.75, 3.05) is 12.4 Å². The Morgan fingerprint density at radius 2 is 1.57 bits per heavy atom. The van der Waals surface area contributed by atoms with Crippen LogP contribution in [0.3, 0.4) is 0 Å². The minimum atomic E-state index is -2.28. The van der Waals surface area contributed by atoms with Crippen molar-refractivity contribution in [1.29, 1.82) is 0 Å². The van der Waals surface area contributed by atoms with Gasteiger partial charge < -0.3 is 29.8 Å². The number of carbonyl (C=O) groups excluding carboxylic acids is 3. The third-order valence-corrected chi connectivity index (χ3v) is 6.42. The summed E-state index contributed by atoms with van der Waals surface area (Å²) in [6.07, 6.45) is -1.38. The minimum Gasteiger partial charge on any atom is -0.469 e. The number of hydrogen-bond donors (Lipinski definition) is 3. The molecular formula is C25H33N2O7P. The molecule has 0 spiro atoms. The van der Waals surface area contributed by atoms with Crippen LogP contribution in [0.25, 0.3) is 0 Å². The SMILES string of the molecule is COC(=O)CC(C(=O)Nc1ccccc1)C(O)([PH2]=O)C(Cc1ccccc1)NC(=O)OC(C)(C)C. The molecule has 0 aromatic heterocycles. The molecule has 190 valence electrons. The van der Waals surface area contributed by atoms with Crippen LogP contribution in [0.5, 0.6) is 0 Å². The van der Waals surface area contributed by atoms with Gasteiger partial charge in [-0.3, -0.25) is 9.59 Å². The van der Waals surface area contributed by atoms with E-state index in [-0.39, 0.29) is 6.42 Å². The lowest BCUT2D eigenvalue weighted by Crippen LogP contribution is -2.58. The van der Waals surface area contributed by atoms with Gasteiger partial charge in [-0.25, -0.2) is 4.79 Å². The summed E-state index contributed by atoms with van der Waals surface area (Å²) < 4.78 is 22.7. The third kappa shape index (κ3) is 8.53. The van der Waals surface area contributed by atoms with Crippen LogP contribution in [0.2, 0.25) is 0 Å². The Kier molecular flexibility index (Phi) is 10.0. The van der Waals surface area contributed by atoms with Gasteiger partial charge in [-0.1, -0.05) is 48.5 Å². The van der Waals surface area contributed by atoms with E-state index in [9.17, 15) is 24.1 Å². The first-order valence-corrected chi connectivity index (χ1v) is 12.2. The fourth-order valence-corrected chi connectivity index (χ4v) is 4.30. The first-order valence-electron chi connectivity index (χ1n) is 11.1. The summed E-state index contributed by atoms with van der Waals surface area (Å²) in [4.78, 5) is 38.2. The normalized spacial score (nSPS) is 15.0. The Balaban J connectivity index is 2.48. The number of rotatable bonds is 10. The molecule has 35 heavy (non-hydrogen) atoms. The summed E-state index contributed by atoms with van der Waals surface area (Å²) in [5.41, 5.74) is 0.301. The Hall–Kier alpha value is -3.16. The van der Waals surface area contributed by atoms with Crippen LogP contribution < -0.4 is 10.6 Å². The zero-order chi connectivity index (χ0) is 26.1. The number of amides is 2. The molecule has 0 aliphatic carbocycles. The molecule has 10 heteroatoms. The molecule has 0 fully saturated rings. The number of methoxy groups -OCH3 is 1. The Morgan fingerprint density at radius 1 is 1.00 bits per heavy atom. The summed E-state index contributed by atoms with van der Waals surface area (Å²) in [5.74, 6) is -3.01. The molecule has 0 saturated heterocycles. The maximum absolute atomic E-state index is 13.3. The second-order valence-electron chi connectivity index (χ2n) is 9.08. The van der Waals surface area contributed by atoms with Gasteiger partial charge in [-0.2, -0.15) is 0 Å². The highest BCUT2D eigenvalue weighted by Gasteiger charge is 2.49. The average molecular weight is 505 g/mol. The van der Waals surface area contributed by atoms with Gasteiger partial charge >= 0.3 is 12.1 Å². The number of benzene rings is 2. The summed E-state index contributed by atoms with van der Waals surface area (Å²) >= 11 is 0. The van der Waals surface area contributed by atoms with E-state index in [0.29, 0.717) is 11.3 Å². The van der Waals surface area contributed by atoms with Crippen LogP contribution in [0.4, 0.5) is 10.5 Å². The lowest BCUT2D eigenvalue weighted by molar-refractivity contribution is -0.146. The van der Waals surface area contributed by atoms with Crippen LogP contribution in [0, 0.1) is 5.92 Å². The van der Waals surface area contributed by atoms with Gasteiger partial charge in [0.1, 0.15) is 10.9 Å². The molecule has 4 atom stereocenters. The zero-order valence-corrected chi connectivity index (χ0v) is 21.5. The van der Waals surface area contributed by atoms with E-state index in [1.807, 2.05) is 0 Å². The standard InChI is InChI=1S/C25H33N2O7P/c1-24(2,3)34-23(30)27-20(15-17-11-7-5-8-12-17)25(31,35-32)19(16-21(28)33-4)22(29)26-18-13-9-6-10-14-18/h5-14,19-20,31H,15-16,35H2,1-4H3,(H,26,29)(H,27,30). The molecule has 2 rings (SSSR count). The maximum Gasteiger partial charge on any atom is 0.407 e. The number of nitrogens with one attached hydrogen (secondary N) is 2. The lowest BCUT2D eigenvalue weighted by atomic mass is 9.87. The number of alkyl carbamates (subject to hydrolysis) is 1. The molecule has 0 heterocycles. The topological polar surface area (TPSA) is 131 Å². The van der Waals surface area contributed by atoms with E-state index in [4.69, 9.17) is 9.47 Å². The molecule has 2 amide bonds. The van der Waals surface area contributed by atoms with E-state index in [1.165, 1.54) is 0 Å². The van der Waals surface area contributed by atoms with Crippen LogP contribution in [-0.2, 0) is 30.0 Å². The van der Waals surface area contributed by atoms with Crippen LogP contribution in [0.1, 0.15) is 32.8 Å². The van der Waals surface area contributed by atoms with Gasteiger partial charge in [-0.05, 0) is 44.9 Å². The van der Waals surface area contributed by atoms with Gasteiger partial charge in [0.2, 0.25) is 5.91 Å². The summed E-state index contributed by atoms with van der Waals surface area (Å²) in [7, 11) is -0.928. The average Bonchev–Trinajstić information content (AvgIpc) is 2.81. The largest absolute Gasteiger partial charge is 0.469 e. The first-order chi connectivity index (χ1) is 16.5. The van der Waals surface area contributed by atoms with E-state index in [2.05, 4.69) is 10.6 Å². The quantitative estimate of drug-likeness (QED) is 0.334. The van der Waals surface area contributed by atoms with Crippen molar-refractivity contribution < 1.29 is 33.5 Å². The minimum absolute atomic E-state index is 0.0299. The molecule has 2 aromatic carbocycles. The van der Waals surface area contributed by atoms with Crippen molar-refractivity contribution in [1.82, 2.24) is 5.32 Å². The van der Waals surface area contributed by atoms with Gasteiger partial charge in [0, 0.05) is 5.69 Å². The summed E-state index contributed by atoms with van der Waals surface area (Å²) in [6.45, 7) is 5.03. The van der Waals surface area contributed by atoms with Crippen molar-refractivity contribution in [3.63, 3.8) is 0 Å². The van der Waals surface area contributed by atoms with Gasteiger partial charge in [0.15, 0.2) is 0 Å². The van der Waals surface area contributed by atoms with Crippen molar-refractivity contribution in [3.8, 4) is 0 Å². The molecule has 3 N–H and O–H groups in total. The number of anilines is 1.